The third-order valence-corrected chi connectivity index (χ3v) is 3.70. The van der Waals surface area contributed by atoms with Gasteiger partial charge in [0.25, 0.3) is 0 Å². The first-order chi connectivity index (χ1) is 11.6. The molecule has 0 heterocycles. The van der Waals surface area contributed by atoms with Gasteiger partial charge in [0.2, 0.25) is 0 Å². The Morgan fingerprint density at radius 1 is 1.08 bits per heavy atom. The summed E-state index contributed by atoms with van der Waals surface area (Å²) in [6.45, 7) is 0.973. The zero-order valence-electron chi connectivity index (χ0n) is 13.5. The van der Waals surface area contributed by atoms with Crippen LogP contribution < -0.4 is 24.8 Å². The predicted molar refractivity (Wildman–Crippen MR) is 101 cm³/mol. The highest BCUT2D eigenvalue weighted by atomic mass is 35.5. The minimum atomic E-state index is 0.436. The summed E-state index contributed by atoms with van der Waals surface area (Å²) in [5, 5.41) is 7.20. The predicted octanol–water partition coefficient (Wildman–Crippen LogP) is 3.72. The molecule has 0 amide bonds. The first-order valence-electron chi connectivity index (χ1n) is 7.28. The monoisotopic (exact) mass is 366 g/mol. The summed E-state index contributed by atoms with van der Waals surface area (Å²) in [5.41, 5.74) is 0.753. The molecule has 0 aromatic heterocycles. The molecule has 0 aliphatic carbocycles. The third kappa shape index (κ3) is 5.18. The van der Waals surface area contributed by atoms with E-state index in [1.165, 1.54) is 0 Å². The Balaban J connectivity index is 1.80. The summed E-state index contributed by atoms with van der Waals surface area (Å²) >= 11 is 11.3. The Kier molecular flexibility index (Phi) is 6.96. The average molecular weight is 367 g/mol. The third-order valence-electron chi connectivity index (χ3n) is 3.14. The Bertz CT molecular complexity index is 697. The van der Waals surface area contributed by atoms with Crippen molar-refractivity contribution in [2.75, 3.05) is 32.7 Å². The molecule has 2 N–H and O–H groups in total. The highest BCUT2D eigenvalue weighted by Crippen LogP contribution is 2.28. The number of methoxy groups -OCH3 is 2. The normalized spacial score (nSPS) is 9.96. The molecule has 128 valence electrons. The van der Waals surface area contributed by atoms with E-state index < -0.39 is 0 Å². The molecule has 5 nitrogen and oxygen atoms in total. The lowest BCUT2D eigenvalue weighted by atomic mass is 10.2. The summed E-state index contributed by atoms with van der Waals surface area (Å²) in [6, 6.07) is 12.8. The van der Waals surface area contributed by atoms with Crippen LogP contribution in [0.15, 0.2) is 42.5 Å². The summed E-state index contributed by atoms with van der Waals surface area (Å²) in [4.78, 5) is 0. The van der Waals surface area contributed by atoms with Crippen LogP contribution in [0.25, 0.3) is 0 Å². The molecule has 0 saturated heterocycles. The number of benzene rings is 2. The fourth-order valence-electron chi connectivity index (χ4n) is 1.96. The molecule has 0 aliphatic rings. The van der Waals surface area contributed by atoms with Crippen LogP contribution in [0.1, 0.15) is 0 Å². The average Bonchev–Trinajstić information content (AvgIpc) is 2.60. The van der Waals surface area contributed by atoms with Gasteiger partial charge in [-0.15, -0.1) is 0 Å². The maximum Gasteiger partial charge on any atom is 0.170 e. The van der Waals surface area contributed by atoms with E-state index in [1.807, 2.05) is 30.3 Å². The number of hydrogen-bond donors (Lipinski definition) is 2. The molecular formula is C17H19ClN2O3S. The van der Waals surface area contributed by atoms with Crippen molar-refractivity contribution < 1.29 is 14.2 Å². The van der Waals surface area contributed by atoms with E-state index in [9.17, 15) is 0 Å². The van der Waals surface area contributed by atoms with Gasteiger partial charge in [-0.25, -0.2) is 0 Å². The molecular weight excluding hydrogens is 348 g/mol. The van der Waals surface area contributed by atoms with E-state index >= 15 is 0 Å². The molecule has 7 heteroatoms. The van der Waals surface area contributed by atoms with Gasteiger partial charge in [0, 0.05) is 6.07 Å². The smallest absolute Gasteiger partial charge is 0.170 e. The molecule has 24 heavy (non-hydrogen) atoms. The molecule has 0 aliphatic heterocycles. The van der Waals surface area contributed by atoms with Gasteiger partial charge in [0.1, 0.15) is 23.9 Å². The summed E-state index contributed by atoms with van der Waals surface area (Å²) in [7, 11) is 3.20. The Labute approximate surface area is 151 Å². The van der Waals surface area contributed by atoms with E-state index in [2.05, 4.69) is 10.6 Å². The molecule has 0 spiro atoms. The molecule has 0 bridgehead atoms. The fourth-order valence-corrected chi connectivity index (χ4v) is 2.36. The maximum absolute atomic E-state index is 6.02. The van der Waals surface area contributed by atoms with Gasteiger partial charge in [0.05, 0.1) is 31.5 Å². The first kappa shape index (κ1) is 18.2. The van der Waals surface area contributed by atoms with Gasteiger partial charge in [-0.3, -0.25) is 0 Å². The lowest BCUT2D eigenvalue weighted by Crippen LogP contribution is -2.32. The summed E-state index contributed by atoms with van der Waals surface area (Å²) < 4.78 is 16.1. The second-order valence-corrected chi connectivity index (χ2v) is 5.54. The lowest BCUT2D eigenvalue weighted by Gasteiger charge is -2.14. The topological polar surface area (TPSA) is 51.8 Å². The van der Waals surface area contributed by atoms with Gasteiger partial charge in [-0.1, -0.05) is 23.7 Å². The molecule has 0 saturated carbocycles. The van der Waals surface area contributed by atoms with Crippen molar-refractivity contribution in [2.45, 2.75) is 0 Å². The van der Waals surface area contributed by atoms with Crippen molar-refractivity contribution in [1.29, 1.82) is 0 Å². The van der Waals surface area contributed by atoms with Crippen LogP contribution in [-0.4, -0.2) is 32.5 Å². The van der Waals surface area contributed by atoms with Crippen LogP contribution in [0.3, 0.4) is 0 Å². The summed E-state index contributed by atoms with van der Waals surface area (Å²) in [6.07, 6.45) is 0. The Morgan fingerprint density at radius 2 is 1.88 bits per heavy atom. The molecule has 0 radical (unpaired) electrons. The van der Waals surface area contributed by atoms with Crippen LogP contribution in [0.2, 0.25) is 5.02 Å². The minimum Gasteiger partial charge on any atom is -0.497 e. The van der Waals surface area contributed by atoms with E-state index in [4.69, 9.17) is 38.0 Å². The molecule has 0 unspecified atom stereocenters. The van der Waals surface area contributed by atoms with E-state index in [-0.39, 0.29) is 0 Å². The fraction of sp³-hybridized carbons (Fsp3) is 0.235. The Morgan fingerprint density at radius 3 is 2.58 bits per heavy atom. The number of rotatable bonds is 7. The second-order valence-electron chi connectivity index (χ2n) is 4.73. The lowest BCUT2D eigenvalue weighted by molar-refractivity contribution is 0.323. The standard InChI is InChI=1S/C17H19ClN2O3S/c1-21-12-7-8-14(16(11-12)22-2)20-17(24)19-9-10-23-15-6-4-3-5-13(15)18/h3-8,11H,9-10H2,1-2H3,(H2,19,20,24). The first-order valence-corrected chi connectivity index (χ1v) is 8.07. The van der Waals surface area contributed by atoms with E-state index in [0.29, 0.717) is 40.5 Å². The van der Waals surface area contributed by atoms with Gasteiger partial charge < -0.3 is 24.8 Å². The van der Waals surface area contributed by atoms with Crippen molar-refractivity contribution >= 4 is 34.6 Å². The largest absolute Gasteiger partial charge is 0.497 e. The molecule has 2 rings (SSSR count). The van der Waals surface area contributed by atoms with Gasteiger partial charge in [-0.05, 0) is 36.5 Å². The van der Waals surface area contributed by atoms with Crippen LogP contribution >= 0.6 is 23.8 Å². The van der Waals surface area contributed by atoms with Crippen molar-refractivity contribution in [3.63, 3.8) is 0 Å². The second kappa shape index (κ2) is 9.20. The van der Waals surface area contributed by atoms with Gasteiger partial charge in [-0.2, -0.15) is 0 Å². The molecule has 2 aromatic carbocycles. The molecule has 2 aromatic rings. The highest BCUT2D eigenvalue weighted by Gasteiger charge is 2.06. The van der Waals surface area contributed by atoms with E-state index in [1.54, 1.807) is 26.4 Å². The van der Waals surface area contributed by atoms with Gasteiger partial charge >= 0.3 is 0 Å². The van der Waals surface area contributed by atoms with Crippen LogP contribution in [0.5, 0.6) is 17.2 Å². The van der Waals surface area contributed by atoms with Crippen molar-refractivity contribution in [3.8, 4) is 17.2 Å². The van der Waals surface area contributed by atoms with E-state index in [0.717, 1.165) is 5.69 Å². The van der Waals surface area contributed by atoms with Crippen LogP contribution in [0, 0.1) is 0 Å². The van der Waals surface area contributed by atoms with Crippen molar-refractivity contribution in [3.05, 3.63) is 47.5 Å². The number of ether oxygens (including phenoxy) is 3. The number of thiocarbonyl (C=S) groups is 1. The zero-order chi connectivity index (χ0) is 17.4. The van der Waals surface area contributed by atoms with Crippen LogP contribution in [-0.2, 0) is 0 Å². The SMILES string of the molecule is COc1ccc(NC(=S)NCCOc2ccccc2Cl)c(OC)c1. The van der Waals surface area contributed by atoms with Crippen molar-refractivity contribution in [2.24, 2.45) is 0 Å². The molecule has 0 fully saturated rings. The zero-order valence-corrected chi connectivity index (χ0v) is 15.0. The van der Waals surface area contributed by atoms with Crippen molar-refractivity contribution in [1.82, 2.24) is 5.32 Å². The van der Waals surface area contributed by atoms with Crippen LogP contribution in [0.4, 0.5) is 5.69 Å². The minimum absolute atomic E-state index is 0.436. The maximum atomic E-state index is 6.02. The Hall–Kier alpha value is -2.18. The number of anilines is 1. The number of hydrogen-bond acceptors (Lipinski definition) is 4. The number of nitrogens with one attached hydrogen (secondary N) is 2. The highest BCUT2D eigenvalue weighted by molar-refractivity contribution is 7.80. The molecule has 0 atom stereocenters. The number of para-hydroxylation sites is 1. The van der Waals surface area contributed by atoms with Gasteiger partial charge in [0.15, 0.2) is 5.11 Å². The number of halogens is 1. The quantitative estimate of drug-likeness (QED) is 0.575. The summed E-state index contributed by atoms with van der Waals surface area (Å²) in [5.74, 6) is 2.01.